The molecule has 0 rings (SSSR count). The third kappa shape index (κ3) is 19.9. The fourth-order valence-electron chi connectivity index (χ4n) is 2.44. The van der Waals surface area contributed by atoms with E-state index in [1.54, 1.807) is 0 Å². The summed E-state index contributed by atoms with van der Waals surface area (Å²) in [6.45, 7) is 8.12. The Kier molecular flexibility index (Phi) is 19.8. The molecule has 0 saturated heterocycles. The van der Waals surface area contributed by atoms with Crippen LogP contribution in [0, 0.1) is 0 Å². The van der Waals surface area contributed by atoms with Crippen LogP contribution in [0.1, 0.15) is 97.3 Å². The maximum absolute atomic E-state index is 5.63. The third-order valence-corrected chi connectivity index (χ3v) is 3.86. The van der Waals surface area contributed by atoms with Gasteiger partial charge >= 0.3 is 0 Å². The lowest BCUT2D eigenvalue weighted by atomic mass is 10.1. The molecule has 0 aromatic carbocycles. The Bertz CT molecular complexity index is 153. The van der Waals surface area contributed by atoms with E-state index < -0.39 is 0 Å². The minimum absolute atomic E-state index is 0.867. The van der Waals surface area contributed by atoms with Crippen molar-refractivity contribution in [3.63, 3.8) is 0 Å². The summed E-state index contributed by atoms with van der Waals surface area (Å²) in [6.07, 6.45) is 17.1. The number of hydrogen-bond donors (Lipinski definition) is 0. The molecule has 0 radical (unpaired) electrons. The summed E-state index contributed by atoms with van der Waals surface area (Å²) in [5.41, 5.74) is 0. The smallest absolute Gasteiger partial charge is 0.0487 e. The van der Waals surface area contributed by atoms with E-state index in [0.29, 0.717) is 0 Å². The molecule has 0 saturated carbocycles. The van der Waals surface area contributed by atoms with Gasteiger partial charge < -0.3 is 9.47 Å². The minimum Gasteiger partial charge on any atom is -0.381 e. The van der Waals surface area contributed by atoms with Crippen LogP contribution in [0.5, 0.6) is 0 Å². The van der Waals surface area contributed by atoms with Crippen LogP contribution in [0.15, 0.2) is 0 Å². The average Bonchev–Trinajstić information content (AvgIpc) is 2.50. The lowest BCUT2D eigenvalue weighted by molar-refractivity contribution is 0.0794. The van der Waals surface area contributed by atoms with Gasteiger partial charge in [-0.2, -0.15) is 0 Å². The van der Waals surface area contributed by atoms with Gasteiger partial charge in [0.15, 0.2) is 0 Å². The predicted octanol–water partition coefficient (Wildman–Crippen LogP) is 6.13. The first-order chi connectivity index (χ1) is 10.4. The number of unbranched alkanes of at least 4 members (excludes halogenated alkanes) is 10. The van der Waals surface area contributed by atoms with Crippen LogP contribution in [-0.2, 0) is 9.47 Å². The van der Waals surface area contributed by atoms with Gasteiger partial charge in [-0.25, -0.2) is 0 Å². The normalized spacial score (nSPS) is 11.1. The summed E-state index contributed by atoms with van der Waals surface area (Å²) in [5.74, 6) is 0. The van der Waals surface area contributed by atoms with Crippen LogP contribution in [0.4, 0.5) is 0 Å². The second kappa shape index (κ2) is 19.9. The highest BCUT2D eigenvalue weighted by Gasteiger charge is 1.94. The molecular formula is C19H40O2. The van der Waals surface area contributed by atoms with Crippen molar-refractivity contribution in [2.24, 2.45) is 0 Å². The van der Waals surface area contributed by atoms with E-state index in [2.05, 4.69) is 13.8 Å². The zero-order chi connectivity index (χ0) is 15.4. The topological polar surface area (TPSA) is 18.5 Å². The third-order valence-electron chi connectivity index (χ3n) is 3.86. The molecule has 128 valence electrons. The van der Waals surface area contributed by atoms with Crippen molar-refractivity contribution in [1.82, 2.24) is 0 Å². The van der Waals surface area contributed by atoms with Gasteiger partial charge in [0, 0.05) is 26.4 Å². The quantitative estimate of drug-likeness (QED) is 0.283. The van der Waals surface area contributed by atoms with E-state index in [1.165, 1.54) is 77.0 Å². The van der Waals surface area contributed by atoms with Crippen molar-refractivity contribution in [1.29, 1.82) is 0 Å². The van der Waals surface area contributed by atoms with Gasteiger partial charge in [0.2, 0.25) is 0 Å². The number of hydrogen-bond acceptors (Lipinski definition) is 2. The van der Waals surface area contributed by atoms with Crippen LogP contribution < -0.4 is 0 Å². The first-order valence-electron chi connectivity index (χ1n) is 9.57. The lowest BCUT2D eigenvalue weighted by Gasteiger charge is -2.06. The van der Waals surface area contributed by atoms with E-state index in [-0.39, 0.29) is 0 Å². The average molecular weight is 301 g/mol. The molecule has 0 aliphatic rings. The second-order valence-electron chi connectivity index (χ2n) is 6.11. The molecule has 0 aromatic heterocycles. The number of rotatable bonds is 18. The van der Waals surface area contributed by atoms with E-state index in [4.69, 9.17) is 9.47 Å². The zero-order valence-corrected chi connectivity index (χ0v) is 14.8. The van der Waals surface area contributed by atoms with Crippen LogP contribution in [-0.4, -0.2) is 26.4 Å². The van der Waals surface area contributed by atoms with Gasteiger partial charge in [-0.3, -0.25) is 0 Å². The zero-order valence-electron chi connectivity index (χ0n) is 14.8. The summed E-state index contributed by atoms with van der Waals surface area (Å²) in [4.78, 5) is 0. The van der Waals surface area contributed by atoms with Crippen molar-refractivity contribution in [2.45, 2.75) is 97.3 Å². The standard InChI is InChI=1S/C19H40O2/c1-3-5-7-9-11-13-16-20-18-15-19-21-17-14-12-10-8-6-4-2/h3-19H2,1-2H3. The lowest BCUT2D eigenvalue weighted by Crippen LogP contribution is -2.03. The first-order valence-corrected chi connectivity index (χ1v) is 9.57. The summed E-state index contributed by atoms with van der Waals surface area (Å²) < 4.78 is 11.3. The maximum atomic E-state index is 5.63. The SMILES string of the molecule is CCCCCCCCOCCCOCCCCCCCC. The maximum Gasteiger partial charge on any atom is 0.0487 e. The van der Waals surface area contributed by atoms with Gasteiger partial charge in [-0.15, -0.1) is 0 Å². The molecule has 0 bridgehead atoms. The largest absolute Gasteiger partial charge is 0.381 e. The second-order valence-corrected chi connectivity index (χ2v) is 6.11. The van der Waals surface area contributed by atoms with Crippen molar-refractivity contribution >= 4 is 0 Å². The molecule has 0 aliphatic heterocycles. The predicted molar refractivity (Wildman–Crippen MR) is 93.0 cm³/mol. The van der Waals surface area contributed by atoms with Crippen LogP contribution in [0.3, 0.4) is 0 Å². The molecule has 0 heterocycles. The first kappa shape index (κ1) is 20.9. The fourth-order valence-corrected chi connectivity index (χ4v) is 2.44. The van der Waals surface area contributed by atoms with Crippen molar-refractivity contribution < 1.29 is 9.47 Å². The van der Waals surface area contributed by atoms with Gasteiger partial charge in [0.1, 0.15) is 0 Å². The van der Waals surface area contributed by atoms with Crippen LogP contribution in [0.25, 0.3) is 0 Å². The van der Waals surface area contributed by atoms with E-state index in [0.717, 1.165) is 32.8 Å². The molecule has 0 aliphatic carbocycles. The highest BCUT2D eigenvalue weighted by Crippen LogP contribution is 2.06. The fraction of sp³-hybridized carbons (Fsp3) is 1.00. The molecule has 21 heavy (non-hydrogen) atoms. The molecule has 0 N–H and O–H groups in total. The Labute approximate surface area is 134 Å². The summed E-state index contributed by atoms with van der Waals surface area (Å²) in [7, 11) is 0. The molecule has 2 nitrogen and oxygen atoms in total. The molecule has 2 heteroatoms. The highest BCUT2D eigenvalue weighted by molar-refractivity contribution is 4.45. The Balaban J connectivity index is 2.90. The van der Waals surface area contributed by atoms with Crippen molar-refractivity contribution in [3.05, 3.63) is 0 Å². The van der Waals surface area contributed by atoms with Crippen molar-refractivity contribution in [3.8, 4) is 0 Å². The van der Waals surface area contributed by atoms with Crippen molar-refractivity contribution in [2.75, 3.05) is 26.4 Å². The van der Waals surface area contributed by atoms with Crippen LogP contribution >= 0.6 is 0 Å². The van der Waals surface area contributed by atoms with Gasteiger partial charge in [-0.05, 0) is 19.3 Å². The minimum atomic E-state index is 0.867. The van der Waals surface area contributed by atoms with E-state index >= 15 is 0 Å². The Morgan fingerprint density at radius 3 is 1.14 bits per heavy atom. The summed E-state index contributed by atoms with van der Waals surface area (Å²) in [5, 5.41) is 0. The summed E-state index contributed by atoms with van der Waals surface area (Å²) in [6, 6.07) is 0. The van der Waals surface area contributed by atoms with Gasteiger partial charge in [0.05, 0.1) is 0 Å². The molecular weight excluding hydrogens is 260 g/mol. The molecule has 0 fully saturated rings. The Hall–Kier alpha value is -0.0800. The monoisotopic (exact) mass is 300 g/mol. The number of ether oxygens (including phenoxy) is 2. The van der Waals surface area contributed by atoms with E-state index in [9.17, 15) is 0 Å². The Morgan fingerprint density at radius 2 is 0.714 bits per heavy atom. The molecule has 0 aromatic rings. The van der Waals surface area contributed by atoms with Crippen LogP contribution in [0.2, 0.25) is 0 Å². The molecule has 0 spiro atoms. The molecule has 0 amide bonds. The van der Waals surface area contributed by atoms with E-state index in [1.807, 2.05) is 0 Å². The Morgan fingerprint density at radius 1 is 0.381 bits per heavy atom. The van der Waals surface area contributed by atoms with Gasteiger partial charge in [0.25, 0.3) is 0 Å². The van der Waals surface area contributed by atoms with Gasteiger partial charge in [-0.1, -0.05) is 78.1 Å². The summed E-state index contributed by atoms with van der Waals surface area (Å²) >= 11 is 0. The molecule has 0 unspecified atom stereocenters. The molecule has 0 atom stereocenters. The highest BCUT2D eigenvalue weighted by atomic mass is 16.5.